The number of amides is 1. The molecule has 8 atom stereocenters. The number of unbranched alkanes of at least 4 members (excludes halogenated alkanes) is 2. The highest BCUT2D eigenvalue weighted by atomic mass is 32.2. The molecule has 0 aliphatic carbocycles. The van der Waals surface area contributed by atoms with Crippen LogP contribution in [0.2, 0.25) is 0 Å². The van der Waals surface area contributed by atoms with Gasteiger partial charge in [0.25, 0.3) is 0 Å². The quantitative estimate of drug-likeness (QED) is 0.353. The molecular formula is C20H38N2O5S. The smallest absolute Gasteiger partial charge is 0.237 e. The Morgan fingerprint density at radius 2 is 1.93 bits per heavy atom. The van der Waals surface area contributed by atoms with Gasteiger partial charge in [-0.3, -0.25) is 4.79 Å². The number of carbonyl (C=O) groups is 1. The number of thioether (sulfide) groups is 1. The maximum Gasteiger partial charge on any atom is 0.237 e. The second-order valence-corrected chi connectivity index (χ2v) is 9.45. The summed E-state index contributed by atoms with van der Waals surface area (Å²) in [7, 11) is 0. The van der Waals surface area contributed by atoms with Gasteiger partial charge in [-0.2, -0.15) is 0 Å². The average molecular weight is 419 g/mol. The molecule has 28 heavy (non-hydrogen) atoms. The molecule has 2 rings (SSSR count). The summed E-state index contributed by atoms with van der Waals surface area (Å²) < 4.78 is 5.87. The van der Waals surface area contributed by atoms with Gasteiger partial charge in [-0.25, -0.2) is 0 Å². The molecule has 0 spiro atoms. The van der Waals surface area contributed by atoms with E-state index in [2.05, 4.69) is 17.6 Å². The Kier molecular flexibility index (Phi) is 9.50. The first-order valence-electron chi connectivity index (χ1n) is 10.6. The maximum atomic E-state index is 12.9. The van der Waals surface area contributed by atoms with E-state index in [9.17, 15) is 20.1 Å². The fraction of sp³-hybridized carbons (Fsp3) is 0.950. The lowest BCUT2D eigenvalue weighted by molar-refractivity contribution is -0.208. The van der Waals surface area contributed by atoms with E-state index in [-0.39, 0.29) is 17.9 Å². The Balaban J connectivity index is 1.98. The molecule has 2 fully saturated rings. The molecule has 0 aromatic heterocycles. The molecule has 7 unspecified atom stereocenters. The molecule has 2 saturated heterocycles. The summed E-state index contributed by atoms with van der Waals surface area (Å²) in [6.45, 7) is 6.94. The lowest BCUT2D eigenvalue weighted by Gasteiger charge is -2.44. The number of carbonyl (C=O) groups excluding carboxylic acids is 1. The van der Waals surface area contributed by atoms with Crippen LogP contribution in [-0.2, 0) is 9.53 Å². The van der Waals surface area contributed by atoms with Crippen LogP contribution in [0.4, 0.5) is 0 Å². The van der Waals surface area contributed by atoms with Crippen LogP contribution in [0.15, 0.2) is 0 Å². The summed E-state index contributed by atoms with van der Waals surface area (Å²) in [5.41, 5.74) is -0.644. The van der Waals surface area contributed by atoms with Crippen molar-refractivity contribution in [1.82, 2.24) is 10.6 Å². The van der Waals surface area contributed by atoms with Crippen molar-refractivity contribution >= 4 is 17.7 Å². The van der Waals surface area contributed by atoms with Gasteiger partial charge in [0.2, 0.25) is 5.91 Å². The number of ether oxygens (including phenoxy) is 1. The molecule has 2 heterocycles. The number of hydrogen-bond donors (Lipinski definition) is 5. The summed E-state index contributed by atoms with van der Waals surface area (Å²) >= 11 is 1.28. The van der Waals surface area contributed by atoms with Crippen LogP contribution in [0.25, 0.3) is 0 Å². The zero-order valence-corrected chi connectivity index (χ0v) is 18.3. The summed E-state index contributed by atoms with van der Waals surface area (Å²) in [6.07, 6.45) is 2.86. The largest absolute Gasteiger partial charge is 0.388 e. The van der Waals surface area contributed by atoms with Crippen LogP contribution in [0, 0.1) is 11.8 Å². The van der Waals surface area contributed by atoms with Crippen molar-refractivity contribution < 1.29 is 24.9 Å². The molecule has 0 aromatic rings. The molecule has 2 aliphatic rings. The topological polar surface area (TPSA) is 111 Å². The molecule has 0 radical (unpaired) electrons. The minimum Gasteiger partial charge on any atom is -0.388 e. The molecule has 5 N–H and O–H groups in total. The fourth-order valence-electron chi connectivity index (χ4n) is 4.17. The molecule has 0 aromatic carbocycles. The van der Waals surface area contributed by atoms with Crippen LogP contribution in [-0.4, -0.2) is 76.0 Å². The Morgan fingerprint density at radius 1 is 1.21 bits per heavy atom. The van der Waals surface area contributed by atoms with E-state index >= 15 is 0 Å². The van der Waals surface area contributed by atoms with Crippen molar-refractivity contribution in [2.45, 2.75) is 94.8 Å². The second kappa shape index (κ2) is 11.1. The first-order valence-corrected chi connectivity index (χ1v) is 11.8. The molecule has 1 amide bonds. The second-order valence-electron chi connectivity index (χ2n) is 8.51. The van der Waals surface area contributed by atoms with Crippen LogP contribution < -0.4 is 10.6 Å². The SMILES string of the molecule is CCCCCC1CN[C@H](C(=O)NC(C(C)C)C2OC(SC)C(O)C(O)C2O)C1. The average Bonchev–Trinajstić information content (AvgIpc) is 3.14. The van der Waals surface area contributed by atoms with Gasteiger partial charge >= 0.3 is 0 Å². The summed E-state index contributed by atoms with van der Waals surface area (Å²) in [4.78, 5) is 12.9. The Labute approximate surface area is 173 Å². The van der Waals surface area contributed by atoms with Gasteiger partial charge in [-0.1, -0.05) is 40.0 Å². The van der Waals surface area contributed by atoms with Gasteiger partial charge in [0.05, 0.1) is 12.1 Å². The highest BCUT2D eigenvalue weighted by Gasteiger charge is 2.47. The monoisotopic (exact) mass is 418 g/mol. The first-order chi connectivity index (χ1) is 13.3. The van der Waals surface area contributed by atoms with Crippen molar-refractivity contribution in [2.24, 2.45) is 11.8 Å². The highest BCUT2D eigenvalue weighted by molar-refractivity contribution is 7.99. The van der Waals surface area contributed by atoms with E-state index in [0.29, 0.717) is 5.92 Å². The predicted octanol–water partition coefficient (Wildman–Crippen LogP) is 0.856. The van der Waals surface area contributed by atoms with E-state index in [4.69, 9.17) is 4.74 Å². The van der Waals surface area contributed by atoms with Crippen molar-refractivity contribution in [2.75, 3.05) is 12.8 Å². The number of aliphatic hydroxyl groups is 3. The maximum absolute atomic E-state index is 12.9. The zero-order valence-electron chi connectivity index (χ0n) is 17.5. The number of rotatable bonds is 9. The minimum atomic E-state index is -1.30. The standard InChI is InChI=1S/C20H38N2O5S/c1-5-6-7-8-12-9-13(21-10-12)19(26)22-14(11(2)3)18-16(24)15(23)17(25)20(27-18)28-4/h11-18,20-21,23-25H,5-10H2,1-4H3,(H,22,26)/t12?,13-,14?,15?,16?,17?,18?,20?/m0/s1. The lowest BCUT2D eigenvalue weighted by Crippen LogP contribution is -2.64. The van der Waals surface area contributed by atoms with Gasteiger partial charge in [-0.05, 0) is 37.5 Å². The van der Waals surface area contributed by atoms with Gasteiger partial charge in [0.15, 0.2) is 0 Å². The van der Waals surface area contributed by atoms with Crippen LogP contribution in [0.3, 0.4) is 0 Å². The summed E-state index contributed by atoms with van der Waals surface area (Å²) in [6, 6.07) is -0.694. The fourth-order valence-corrected chi connectivity index (χ4v) is 4.85. The van der Waals surface area contributed by atoms with Gasteiger partial charge in [0.1, 0.15) is 29.9 Å². The van der Waals surface area contributed by atoms with E-state index in [1.54, 1.807) is 6.26 Å². The summed E-state index contributed by atoms with van der Waals surface area (Å²) in [5.74, 6) is 0.429. The van der Waals surface area contributed by atoms with Crippen LogP contribution >= 0.6 is 11.8 Å². The molecule has 7 nitrogen and oxygen atoms in total. The highest BCUT2D eigenvalue weighted by Crippen LogP contribution is 2.30. The molecule has 0 bridgehead atoms. The van der Waals surface area contributed by atoms with Crippen LogP contribution in [0.5, 0.6) is 0 Å². The van der Waals surface area contributed by atoms with Crippen molar-refractivity contribution in [3.8, 4) is 0 Å². The Hall–Kier alpha value is -0.380. The van der Waals surface area contributed by atoms with Crippen molar-refractivity contribution in [3.63, 3.8) is 0 Å². The summed E-state index contributed by atoms with van der Waals surface area (Å²) in [5, 5.41) is 37.1. The normalized spacial score (nSPS) is 37.2. The Bertz CT molecular complexity index is 493. The third kappa shape index (κ3) is 5.83. The van der Waals surface area contributed by atoms with Gasteiger partial charge in [-0.15, -0.1) is 11.8 Å². The van der Waals surface area contributed by atoms with Crippen LogP contribution in [0.1, 0.15) is 52.9 Å². The van der Waals surface area contributed by atoms with Crippen molar-refractivity contribution in [3.05, 3.63) is 0 Å². The number of nitrogens with one attached hydrogen (secondary N) is 2. The van der Waals surface area contributed by atoms with Gasteiger partial charge in [0, 0.05) is 0 Å². The van der Waals surface area contributed by atoms with E-state index in [0.717, 1.165) is 19.4 Å². The Morgan fingerprint density at radius 3 is 2.54 bits per heavy atom. The van der Waals surface area contributed by atoms with E-state index < -0.39 is 35.9 Å². The third-order valence-electron chi connectivity index (χ3n) is 5.97. The van der Waals surface area contributed by atoms with Gasteiger partial charge < -0.3 is 30.7 Å². The molecule has 8 heteroatoms. The third-order valence-corrected chi connectivity index (χ3v) is 6.83. The minimum absolute atomic E-state index is 0.00435. The molecule has 164 valence electrons. The predicted molar refractivity (Wildman–Crippen MR) is 111 cm³/mol. The molecule has 2 aliphatic heterocycles. The number of aliphatic hydroxyl groups excluding tert-OH is 3. The molecule has 0 saturated carbocycles. The number of hydrogen-bond acceptors (Lipinski definition) is 7. The van der Waals surface area contributed by atoms with E-state index in [1.807, 2.05) is 13.8 Å². The van der Waals surface area contributed by atoms with Crippen molar-refractivity contribution in [1.29, 1.82) is 0 Å². The lowest BCUT2D eigenvalue weighted by atomic mass is 9.88. The first kappa shape index (κ1) is 23.9. The van der Waals surface area contributed by atoms with E-state index in [1.165, 1.54) is 31.0 Å². The zero-order chi connectivity index (χ0) is 20.8. The molecular weight excluding hydrogens is 380 g/mol.